The summed E-state index contributed by atoms with van der Waals surface area (Å²) >= 11 is 0. The SMILES string of the molecule is O=Cc1ccc(NCC2(O)CCCCC2)c([N+](=O)[O-])c1. The van der Waals surface area contributed by atoms with Gasteiger partial charge in [0, 0.05) is 18.2 Å². The van der Waals surface area contributed by atoms with E-state index in [1.165, 1.54) is 18.2 Å². The van der Waals surface area contributed by atoms with Gasteiger partial charge in [0.1, 0.15) is 12.0 Å². The number of hydrogen-bond donors (Lipinski definition) is 2. The summed E-state index contributed by atoms with van der Waals surface area (Å²) in [7, 11) is 0. The largest absolute Gasteiger partial charge is 0.388 e. The zero-order valence-corrected chi connectivity index (χ0v) is 11.2. The number of carbonyl (C=O) groups excluding carboxylic acids is 1. The molecule has 1 saturated carbocycles. The summed E-state index contributed by atoms with van der Waals surface area (Å²) < 4.78 is 0. The van der Waals surface area contributed by atoms with E-state index in [0.717, 1.165) is 19.3 Å². The molecule has 0 amide bonds. The Labute approximate surface area is 117 Å². The van der Waals surface area contributed by atoms with E-state index in [2.05, 4.69) is 5.32 Å². The molecule has 1 aromatic carbocycles. The van der Waals surface area contributed by atoms with E-state index in [4.69, 9.17) is 0 Å². The maximum Gasteiger partial charge on any atom is 0.293 e. The molecule has 108 valence electrons. The molecule has 1 aromatic rings. The third-order valence-corrected chi connectivity index (χ3v) is 3.75. The molecule has 1 aliphatic rings. The summed E-state index contributed by atoms with van der Waals surface area (Å²) in [5.74, 6) is 0. The van der Waals surface area contributed by atoms with E-state index in [0.29, 0.717) is 24.8 Å². The Hall–Kier alpha value is -1.95. The number of aldehydes is 1. The molecular weight excluding hydrogens is 260 g/mol. The Balaban J connectivity index is 2.12. The average molecular weight is 278 g/mol. The normalized spacial score (nSPS) is 17.4. The van der Waals surface area contributed by atoms with Crippen LogP contribution < -0.4 is 5.32 Å². The minimum atomic E-state index is -0.796. The first kappa shape index (κ1) is 14.5. The number of hydrogen-bond acceptors (Lipinski definition) is 5. The van der Waals surface area contributed by atoms with E-state index in [9.17, 15) is 20.0 Å². The second-order valence-corrected chi connectivity index (χ2v) is 5.29. The van der Waals surface area contributed by atoms with Crippen molar-refractivity contribution in [3.05, 3.63) is 33.9 Å². The van der Waals surface area contributed by atoms with Crippen molar-refractivity contribution in [1.29, 1.82) is 0 Å². The Morgan fingerprint density at radius 2 is 2.05 bits per heavy atom. The van der Waals surface area contributed by atoms with Crippen LogP contribution in [0.25, 0.3) is 0 Å². The van der Waals surface area contributed by atoms with E-state index in [1.54, 1.807) is 0 Å². The molecule has 1 aliphatic carbocycles. The van der Waals surface area contributed by atoms with E-state index in [-0.39, 0.29) is 17.8 Å². The Kier molecular flexibility index (Phi) is 4.34. The molecule has 0 atom stereocenters. The highest BCUT2D eigenvalue weighted by atomic mass is 16.6. The molecule has 2 N–H and O–H groups in total. The zero-order valence-electron chi connectivity index (χ0n) is 11.2. The number of anilines is 1. The topological polar surface area (TPSA) is 92.5 Å². The molecule has 6 nitrogen and oxygen atoms in total. The van der Waals surface area contributed by atoms with Crippen molar-refractivity contribution >= 4 is 17.7 Å². The van der Waals surface area contributed by atoms with Gasteiger partial charge in [-0.15, -0.1) is 0 Å². The van der Waals surface area contributed by atoms with E-state index < -0.39 is 10.5 Å². The third kappa shape index (κ3) is 3.33. The van der Waals surface area contributed by atoms with Crippen LogP contribution in [0.4, 0.5) is 11.4 Å². The van der Waals surface area contributed by atoms with Crippen LogP contribution in [0.2, 0.25) is 0 Å². The molecule has 0 spiro atoms. The fourth-order valence-corrected chi connectivity index (χ4v) is 2.57. The second kappa shape index (κ2) is 6.00. The molecule has 0 aliphatic heterocycles. The number of carbonyl (C=O) groups is 1. The van der Waals surface area contributed by atoms with Gasteiger partial charge in [0.25, 0.3) is 5.69 Å². The molecule has 0 aromatic heterocycles. The molecule has 0 radical (unpaired) electrons. The van der Waals surface area contributed by atoms with Crippen molar-refractivity contribution in [3.63, 3.8) is 0 Å². The number of nitro benzene ring substituents is 1. The Morgan fingerprint density at radius 3 is 2.65 bits per heavy atom. The quantitative estimate of drug-likeness (QED) is 0.490. The Bertz CT molecular complexity index is 510. The van der Waals surface area contributed by atoms with Crippen LogP contribution >= 0.6 is 0 Å². The summed E-state index contributed by atoms with van der Waals surface area (Å²) in [6.07, 6.45) is 5.07. The highest BCUT2D eigenvalue weighted by Crippen LogP contribution is 2.30. The van der Waals surface area contributed by atoms with Crippen LogP contribution in [0.5, 0.6) is 0 Å². The summed E-state index contributed by atoms with van der Waals surface area (Å²) in [6.45, 7) is 0.286. The van der Waals surface area contributed by atoms with Crippen LogP contribution in [0.1, 0.15) is 42.5 Å². The summed E-state index contributed by atoms with van der Waals surface area (Å²) in [6, 6.07) is 4.27. The van der Waals surface area contributed by atoms with Crippen LogP contribution in [0.3, 0.4) is 0 Å². The first-order chi connectivity index (χ1) is 9.54. The van der Waals surface area contributed by atoms with Gasteiger partial charge in [0.2, 0.25) is 0 Å². The average Bonchev–Trinajstić information content (AvgIpc) is 2.45. The van der Waals surface area contributed by atoms with Crippen LogP contribution in [0, 0.1) is 10.1 Å². The van der Waals surface area contributed by atoms with Crippen LogP contribution in [-0.2, 0) is 0 Å². The maximum absolute atomic E-state index is 11.0. The van der Waals surface area contributed by atoms with Gasteiger partial charge in [-0.25, -0.2) is 0 Å². The van der Waals surface area contributed by atoms with E-state index >= 15 is 0 Å². The fourth-order valence-electron chi connectivity index (χ4n) is 2.57. The molecular formula is C14H18N2O4. The summed E-state index contributed by atoms with van der Waals surface area (Å²) in [4.78, 5) is 21.1. The van der Waals surface area contributed by atoms with Gasteiger partial charge in [-0.3, -0.25) is 14.9 Å². The lowest BCUT2D eigenvalue weighted by atomic mass is 9.85. The minimum Gasteiger partial charge on any atom is -0.388 e. The first-order valence-electron chi connectivity index (χ1n) is 6.74. The van der Waals surface area contributed by atoms with Crippen molar-refractivity contribution in [2.45, 2.75) is 37.7 Å². The molecule has 0 saturated heterocycles. The highest BCUT2D eigenvalue weighted by Gasteiger charge is 2.29. The smallest absolute Gasteiger partial charge is 0.293 e. The van der Waals surface area contributed by atoms with Crippen molar-refractivity contribution in [1.82, 2.24) is 0 Å². The Morgan fingerprint density at radius 1 is 1.35 bits per heavy atom. The number of nitro groups is 1. The predicted molar refractivity (Wildman–Crippen MR) is 75.0 cm³/mol. The minimum absolute atomic E-state index is 0.144. The van der Waals surface area contributed by atoms with Gasteiger partial charge in [0.15, 0.2) is 0 Å². The van der Waals surface area contributed by atoms with Gasteiger partial charge in [-0.1, -0.05) is 19.3 Å². The second-order valence-electron chi connectivity index (χ2n) is 5.29. The predicted octanol–water partition coefficient (Wildman–Crippen LogP) is 2.51. The van der Waals surface area contributed by atoms with Crippen molar-refractivity contribution in [3.8, 4) is 0 Å². The molecule has 6 heteroatoms. The number of rotatable bonds is 5. The lowest BCUT2D eigenvalue weighted by Crippen LogP contribution is -2.38. The lowest BCUT2D eigenvalue weighted by Gasteiger charge is -2.32. The molecule has 0 heterocycles. The van der Waals surface area contributed by atoms with Crippen LogP contribution in [0.15, 0.2) is 18.2 Å². The summed E-state index contributed by atoms with van der Waals surface area (Å²) in [5.41, 5.74) is -0.345. The van der Waals surface area contributed by atoms with Gasteiger partial charge in [0.05, 0.1) is 10.5 Å². The van der Waals surface area contributed by atoms with Crippen LogP contribution in [-0.4, -0.2) is 28.5 Å². The maximum atomic E-state index is 11.0. The number of nitrogens with zero attached hydrogens (tertiary/aromatic N) is 1. The van der Waals surface area contributed by atoms with Crippen molar-refractivity contribution in [2.75, 3.05) is 11.9 Å². The lowest BCUT2D eigenvalue weighted by molar-refractivity contribution is -0.384. The van der Waals surface area contributed by atoms with Gasteiger partial charge in [-0.2, -0.15) is 0 Å². The number of aliphatic hydroxyl groups is 1. The standard InChI is InChI=1S/C14H18N2O4/c17-9-11-4-5-12(13(8-11)16(19)20)15-10-14(18)6-2-1-3-7-14/h4-5,8-9,15,18H,1-3,6-7,10H2. The van der Waals surface area contributed by atoms with E-state index in [1.807, 2.05) is 0 Å². The third-order valence-electron chi connectivity index (χ3n) is 3.75. The van der Waals surface area contributed by atoms with Gasteiger partial charge >= 0.3 is 0 Å². The highest BCUT2D eigenvalue weighted by molar-refractivity contribution is 5.79. The van der Waals surface area contributed by atoms with Gasteiger partial charge < -0.3 is 10.4 Å². The fraction of sp³-hybridized carbons (Fsp3) is 0.500. The molecule has 0 bridgehead atoms. The summed E-state index contributed by atoms with van der Waals surface area (Å²) in [5, 5.41) is 24.3. The zero-order chi connectivity index (χ0) is 14.6. The van der Waals surface area contributed by atoms with Gasteiger partial charge in [-0.05, 0) is 25.0 Å². The monoisotopic (exact) mass is 278 g/mol. The number of nitrogens with one attached hydrogen (secondary N) is 1. The molecule has 20 heavy (non-hydrogen) atoms. The molecule has 0 unspecified atom stereocenters. The molecule has 2 rings (SSSR count). The molecule has 1 fully saturated rings. The number of benzene rings is 1. The van der Waals surface area contributed by atoms with Crippen molar-refractivity contribution in [2.24, 2.45) is 0 Å². The first-order valence-corrected chi connectivity index (χ1v) is 6.74. The van der Waals surface area contributed by atoms with Crippen molar-refractivity contribution < 1.29 is 14.8 Å².